The van der Waals surface area contributed by atoms with Gasteiger partial charge in [-0.2, -0.15) is 13.2 Å². The molecule has 0 spiro atoms. The third-order valence-corrected chi connectivity index (χ3v) is 4.66. The molecule has 0 fully saturated rings. The van der Waals surface area contributed by atoms with Gasteiger partial charge in [-0.3, -0.25) is 4.79 Å². The number of nitrogens with zero attached hydrogens (tertiary/aromatic N) is 1. The highest BCUT2D eigenvalue weighted by Gasteiger charge is 2.27. The molecule has 0 aliphatic rings. The fourth-order valence-electron chi connectivity index (χ4n) is 2.22. The maximum absolute atomic E-state index is 12.5. The SMILES string of the molecule is CCCCc1nc(C)c(C(=O)Nc2ccccc2NCC(F)(F)F)s1. The lowest BCUT2D eigenvalue weighted by Gasteiger charge is -2.14. The minimum atomic E-state index is -4.33. The highest BCUT2D eigenvalue weighted by Crippen LogP contribution is 2.26. The lowest BCUT2D eigenvalue weighted by atomic mass is 10.2. The fraction of sp³-hybridized carbons (Fsp3) is 0.412. The van der Waals surface area contributed by atoms with Crippen LogP contribution >= 0.6 is 11.3 Å². The average molecular weight is 371 g/mol. The number of anilines is 2. The van der Waals surface area contributed by atoms with Gasteiger partial charge in [-0.1, -0.05) is 25.5 Å². The van der Waals surface area contributed by atoms with Gasteiger partial charge in [0.15, 0.2) is 0 Å². The summed E-state index contributed by atoms with van der Waals surface area (Å²) < 4.78 is 37.2. The summed E-state index contributed by atoms with van der Waals surface area (Å²) in [6, 6.07) is 6.31. The molecule has 25 heavy (non-hydrogen) atoms. The van der Waals surface area contributed by atoms with Crippen molar-refractivity contribution in [1.29, 1.82) is 0 Å². The lowest BCUT2D eigenvalue weighted by molar-refractivity contribution is -0.115. The molecule has 1 amide bonds. The first kappa shape index (κ1) is 19.2. The Labute approximate surface area is 148 Å². The van der Waals surface area contributed by atoms with Crippen molar-refractivity contribution in [3.8, 4) is 0 Å². The van der Waals surface area contributed by atoms with Crippen molar-refractivity contribution in [1.82, 2.24) is 4.98 Å². The van der Waals surface area contributed by atoms with E-state index in [1.165, 1.54) is 17.4 Å². The largest absolute Gasteiger partial charge is 0.405 e. The Balaban J connectivity index is 2.11. The number of hydrogen-bond donors (Lipinski definition) is 2. The van der Waals surface area contributed by atoms with Gasteiger partial charge in [0.2, 0.25) is 0 Å². The number of carbonyl (C=O) groups is 1. The number of aryl methyl sites for hydroxylation is 2. The zero-order valence-electron chi connectivity index (χ0n) is 14.0. The minimum absolute atomic E-state index is 0.224. The Bertz CT molecular complexity index is 728. The minimum Gasteiger partial charge on any atom is -0.375 e. The molecule has 136 valence electrons. The van der Waals surface area contributed by atoms with Crippen LogP contribution in [0.3, 0.4) is 0 Å². The molecule has 2 N–H and O–H groups in total. The Morgan fingerprint density at radius 2 is 1.92 bits per heavy atom. The van der Waals surface area contributed by atoms with Crippen LogP contribution in [-0.2, 0) is 6.42 Å². The number of halogens is 3. The van der Waals surface area contributed by atoms with Crippen LogP contribution in [0.15, 0.2) is 24.3 Å². The average Bonchev–Trinajstić information content (AvgIpc) is 2.92. The summed E-state index contributed by atoms with van der Waals surface area (Å²) in [5.74, 6) is -0.362. The molecule has 0 saturated carbocycles. The van der Waals surface area contributed by atoms with Crippen molar-refractivity contribution in [3.05, 3.63) is 39.8 Å². The first-order valence-corrected chi connectivity index (χ1v) is 8.79. The number of rotatable bonds is 7. The van der Waals surface area contributed by atoms with Crippen molar-refractivity contribution >= 4 is 28.6 Å². The van der Waals surface area contributed by atoms with E-state index in [-0.39, 0.29) is 11.6 Å². The summed E-state index contributed by atoms with van der Waals surface area (Å²) in [5, 5.41) is 5.88. The number of nitrogens with one attached hydrogen (secondary N) is 2. The zero-order chi connectivity index (χ0) is 18.4. The summed E-state index contributed by atoms with van der Waals surface area (Å²) in [5.41, 5.74) is 1.16. The first-order chi connectivity index (χ1) is 11.8. The molecule has 2 aromatic rings. The van der Waals surface area contributed by atoms with Crippen molar-refractivity contribution < 1.29 is 18.0 Å². The van der Waals surface area contributed by atoms with Gasteiger partial charge >= 0.3 is 6.18 Å². The molecule has 0 saturated heterocycles. The lowest BCUT2D eigenvalue weighted by Crippen LogP contribution is -2.22. The monoisotopic (exact) mass is 371 g/mol. The Morgan fingerprint density at radius 1 is 1.24 bits per heavy atom. The van der Waals surface area contributed by atoms with Crippen LogP contribution in [0.2, 0.25) is 0 Å². The topological polar surface area (TPSA) is 54.0 Å². The smallest absolute Gasteiger partial charge is 0.375 e. The summed E-state index contributed by atoms with van der Waals surface area (Å²) in [6.07, 6.45) is -1.48. The van der Waals surface area contributed by atoms with Crippen molar-refractivity contribution in [2.75, 3.05) is 17.2 Å². The van der Waals surface area contributed by atoms with Gasteiger partial charge in [-0.15, -0.1) is 11.3 Å². The summed E-state index contributed by atoms with van der Waals surface area (Å²) in [4.78, 5) is 17.4. The number of amides is 1. The van der Waals surface area contributed by atoms with E-state index < -0.39 is 12.7 Å². The van der Waals surface area contributed by atoms with Gasteiger partial charge in [0, 0.05) is 0 Å². The number of thiazole rings is 1. The van der Waals surface area contributed by atoms with Gasteiger partial charge in [0.25, 0.3) is 5.91 Å². The normalized spacial score (nSPS) is 11.4. The summed E-state index contributed by atoms with van der Waals surface area (Å²) in [7, 11) is 0. The van der Waals surface area contributed by atoms with Gasteiger partial charge in [-0.25, -0.2) is 4.98 Å². The molecule has 0 bridgehead atoms. The second kappa shape index (κ2) is 8.33. The molecule has 1 heterocycles. The van der Waals surface area contributed by atoms with Crippen LogP contribution in [0.5, 0.6) is 0 Å². The molecule has 1 aromatic carbocycles. The molecular weight excluding hydrogens is 351 g/mol. The Kier molecular flexibility index (Phi) is 6.41. The van der Waals surface area contributed by atoms with Crippen LogP contribution in [0.25, 0.3) is 0 Å². The standard InChI is InChI=1S/C17H20F3N3OS/c1-3-4-9-14-22-11(2)15(25-14)16(24)23-13-8-6-5-7-12(13)21-10-17(18,19)20/h5-8,21H,3-4,9-10H2,1-2H3,(H,23,24). The van der Waals surface area contributed by atoms with Crippen LogP contribution < -0.4 is 10.6 Å². The van der Waals surface area contributed by atoms with Crippen LogP contribution in [-0.4, -0.2) is 23.6 Å². The van der Waals surface area contributed by atoms with E-state index in [2.05, 4.69) is 22.5 Å². The third kappa shape index (κ3) is 5.74. The molecule has 1 aromatic heterocycles. The van der Waals surface area contributed by atoms with E-state index in [1.807, 2.05) is 0 Å². The third-order valence-electron chi connectivity index (χ3n) is 3.45. The van der Waals surface area contributed by atoms with E-state index in [1.54, 1.807) is 25.1 Å². The van der Waals surface area contributed by atoms with Gasteiger partial charge in [0.1, 0.15) is 11.4 Å². The maximum atomic E-state index is 12.5. The number of carbonyl (C=O) groups excluding carboxylic acids is 1. The molecule has 4 nitrogen and oxygen atoms in total. The number of hydrogen-bond acceptors (Lipinski definition) is 4. The van der Waals surface area contributed by atoms with Crippen molar-refractivity contribution in [2.24, 2.45) is 0 Å². The summed E-state index contributed by atoms with van der Waals surface area (Å²) in [6.45, 7) is 2.67. The molecule has 0 atom stereocenters. The predicted octanol–water partition coefficient (Wildman–Crippen LogP) is 5.02. The quantitative estimate of drug-likeness (QED) is 0.718. The van der Waals surface area contributed by atoms with E-state index in [9.17, 15) is 18.0 Å². The Morgan fingerprint density at radius 3 is 2.56 bits per heavy atom. The van der Waals surface area contributed by atoms with E-state index in [4.69, 9.17) is 0 Å². The number of aromatic nitrogens is 1. The van der Waals surface area contributed by atoms with Crippen molar-refractivity contribution in [2.45, 2.75) is 39.3 Å². The van der Waals surface area contributed by atoms with Crippen LogP contribution in [0.1, 0.15) is 40.1 Å². The molecule has 0 aliphatic heterocycles. The zero-order valence-corrected chi connectivity index (χ0v) is 14.9. The highest BCUT2D eigenvalue weighted by molar-refractivity contribution is 7.13. The highest BCUT2D eigenvalue weighted by atomic mass is 32.1. The molecule has 0 aliphatic carbocycles. The van der Waals surface area contributed by atoms with Crippen LogP contribution in [0.4, 0.5) is 24.5 Å². The van der Waals surface area contributed by atoms with E-state index >= 15 is 0 Å². The first-order valence-electron chi connectivity index (χ1n) is 7.97. The van der Waals surface area contributed by atoms with Crippen LogP contribution in [0, 0.1) is 6.92 Å². The van der Waals surface area contributed by atoms with E-state index in [0.29, 0.717) is 16.3 Å². The predicted molar refractivity (Wildman–Crippen MR) is 94.4 cm³/mol. The number of alkyl halides is 3. The summed E-state index contributed by atoms with van der Waals surface area (Å²) >= 11 is 1.33. The van der Waals surface area contributed by atoms with Crippen molar-refractivity contribution in [3.63, 3.8) is 0 Å². The maximum Gasteiger partial charge on any atom is 0.405 e. The second-order valence-electron chi connectivity index (χ2n) is 5.59. The molecule has 2 rings (SSSR count). The number of unbranched alkanes of at least 4 members (excludes halogenated alkanes) is 1. The van der Waals surface area contributed by atoms with Gasteiger partial charge in [0.05, 0.1) is 22.1 Å². The van der Waals surface area contributed by atoms with Gasteiger partial charge in [-0.05, 0) is 31.9 Å². The van der Waals surface area contributed by atoms with E-state index in [0.717, 1.165) is 24.3 Å². The van der Waals surface area contributed by atoms with Gasteiger partial charge < -0.3 is 10.6 Å². The fourth-order valence-corrected chi connectivity index (χ4v) is 3.22. The number of para-hydroxylation sites is 2. The Hall–Kier alpha value is -2.09. The molecule has 0 unspecified atom stereocenters. The molecule has 8 heteroatoms. The molecule has 0 radical (unpaired) electrons. The number of benzene rings is 1. The second-order valence-corrected chi connectivity index (χ2v) is 6.68. The molecular formula is C17H20F3N3OS.